The van der Waals surface area contributed by atoms with Crippen LogP contribution in [0.5, 0.6) is 0 Å². The Morgan fingerprint density at radius 1 is 1.53 bits per heavy atom. The van der Waals surface area contributed by atoms with E-state index in [1.807, 2.05) is 11.4 Å². The highest BCUT2D eigenvalue weighted by molar-refractivity contribution is 7.90. The van der Waals surface area contributed by atoms with E-state index in [1.54, 1.807) is 6.07 Å². The van der Waals surface area contributed by atoms with E-state index in [0.717, 1.165) is 15.9 Å². The average Bonchev–Trinajstić information content (AvgIpc) is 2.63. The Hall–Kier alpha value is -0.850. The highest BCUT2D eigenvalue weighted by atomic mass is 35.5. The Morgan fingerprint density at radius 3 is 3.00 bits per heavy atom. The van der Waals surface area contributed by atoms with Crippen molar-refractivity contribution in [1.82, 2.24) is 4.98 Å². The first-order valence-corrected chi connectivity index (χ1v) is 8.23. The molecule has 1 N–H and O–H groups in total. The quantitative estimate of drug-likeness (QED) is 0.879. The standard InChI is InChI=1S/C10H11ClN2O2S2/c1-17(14,15)5-3-12-8-6-9(11)13-10-7(8)2-4-16-10/h2,4,6H,3,5H2,1H3,(H,12,13). The number of pyridine rings is 1. The molecule has 0 aliphatic heterocycles. The monoisotopic (exact) mass is 290 g/mol. The molecule has 0 atom stereocenters. The minimum absolute atomic E-state index is 0.0958. The van der Waals surface area contributed by atoms with Crippen LogP contribution in [0.25, 0.3) is 10.2 Å². The first-order chi connectivity index (χ1) is 7.96. The third kappa shape index (κ3) is 3.31. The number of hydrogen-bond acceptors (Lipinski definition) is 5. The molecule has 2 rings (SSSR count). The van der Waals surface area contributed by atoms with E-state index in [9.17, 15) is 8.42 Å². The SMILES string of the molecule is CS(=O)(=O)CCNc1cc(Cl)nc2sccc12. The lowest BCUT2D eigenvalue weighted by Gasteiger charge is -2.07. The molecule has 0 unspecified atom stereocenters. The highest BCUT2D eigenvalue weighted by Gasteiger charge is 2.07. The first-order valence-electron chi connectivity index (χ1n) is 4.91. The summed E-state index contributed by atoms with van der Waals surface area (Å²) in [5.41, 5.74) is 0.824. The van der Waals surface area contributed by atoms with Crippen LogP contribution in [0.2, 0.25) is 5.15 Å². The van der Waals surface area contributed by atoms with Crippen molar-refractivity contribution in [2.24, 2.45) is 0 Å². The molecular formula is C10H11ClN2O2S2. The zero-order valence-corrected chi connectivity index (χ0v) is 11.5. The second-order valence-electron chi connectivity index (χ2n) is 3.69. The van der Waals surface area contributed by atoms with Crippen LogP contribution < -0.4 is 5.32 Å². The Morgan fingerprint density at radius 2 is 2.29 bits per heavy atom. The van der Waals surface area contributed by atoms with Gasteiger partial charge in [-0.3, -0.25) is 0 Å². The van der Waals surface area contributed by atoms with Gasteiger partial charge in [0.15, 0.2) is 0 Å². The number of anilines is 1. The molecule has 0 fully saturated rings. The van der Waals surface area contributed by atoms with Gasteiger partial charge in [-0.05, 0) is 17.5 Å². The minimum Gasteiger partial charge on any atom is -0.383 e. The molecule has 7 heteroatoms. The molecule has 92 valence electrons. The summed E-state index contributed by atoms with van der Waals surface area (Å²) in [7, 11) is -2.95. The van der Waals surface area contributed by atoms with Gasteiger partial charge in [-0.1, -0.05) is 11.6 Å². The molecule has 2 aromatic heterocycles. The number of fused-ring (bicyclic) bond motifs is 1. The number of sulfone groups is 1. The Kier molecular flexibility index (Phi) is 3.56. The molecule has 17 heavy (non-hydrogen) atoms. The van der Waals surface area contributed by atoms with E-state index in [0.29, 0.717) is 11.7 Å². The summed E-state index contributed by atoms with van der Waals surface area (Å²) in [6, 6.07) is 3.64. The smallest absolute Gasteiger partial charge is 0.149 e. The maximum Gasteiger partial charge on any atom is 0.149 e. The van der Waals surface area contributed by atoms with Crippen LogP contribution in [0.3, 0.4) is 0 Å². The molecule has 0 spiro atoms. The lowest BCUT2D eigenvalue weighted by Crippen LogP contribution is -2.14. The number of nitrogens with zero attached hydrogens (tertiary/aromatic N) is 1. The predicted molar refractivity (Wildman–Crippen MR) is 72.8 cm³/mol. The fourth-order valence-electron chi connectivity index (χ4n) is 1.44. The van der Waals surface area contributed by atoms with E-state index >= 15 is 0 Å². The molecule has 0 aliphatic rings. The van der Waals surface area contributed by atoms with Crippen LogP contribution in [0.4, 0.5) is 5.69 Å². The van der Waals surface area contributed by atoms with Crippen molar-refractivity contribution in [1.29, 1.82) is 0 Å². The molecule has 0 saturated heterocycles. The van der Waals surface area contributed by atoms with Gasteiger partial charge in [0, 0.05) is 23.9 Å². The van der Waals surface area contributed by atoms with Gasteiger partial charge in [-0.25, -0.2) is 13.4 Å². The van der Waals surface area contributed by atoms with Gasteiger partial charge in [0.1, 0.15) is 19.8 Å². The van der Waals surface area contributed by atoms with Crippen LogP contribution in [-0.2, 0) is 9.84 Å². The van der Waals surface area contributed by atoms with Crippen LogP contribution in [0.15, 0.2) is 17.5 Å². The van der Waals surface area contributed by atoms with Crippen LogP contribution in [0.1, 0.15) is 0 Å². The average molecular weight is 291 g/mol. The fourth-order valence-corrected chi connectivity index (χ4v) is 2.94. The van der Waals surface area contributed by atoms with Gasteiger partial charge in [0.05, 0.1) is 5.75 Å². The number of nitrogens with one attached hydrogen (secondary N) is 1. The summed E-state index contributed by atoms with van der Waals surface area (Å²) in [5.74, 6) is 0.0958. The Balaban J connectivity index is 2.20. The molecule has 0 aromatic carbocycles. The minimum atomic E-state index is -2.95. The van der Waals surface area contributed by atoms with Crippen LogP contribution in [-0.4, -0.2) is 32.0 Å². The molecular weight excluding hydrogens is 280 g/mol. The van der Waals surface area contributed by atoms with Crippen molar-refractivity contribution in [3.63, 3.8) is 0 Å². The van der Waals surface area contributed by atoms with Crippen molar-refractivity contribution in [3.8, 4) is 0 Å². The fraction of sp³-hybridized carbons (Fsp3) is 0.300. The van der Waals surface area contributed by atoms with Crippen molar-refractivity contribution in [3.05, 3.63) is 22.7 Å². The molecule has 0 saturated carbocycles. The molecule has 2 aromatic rings. The van der Waals surface area contributed by atoms with Gasteiger partial charge in [0.2, 0.25) is 0 Å². The Bertz CT molecular complexity index is 637. The summed E-state index contributed by atoms with van der Waals surface area (Å²) in [5, 5.41) is 6.37. The molecule has 0 bridgehead atoms. The molecule has 2 heterocycles. The lowest BCUT2D eigenvalue weighted by molar-refractivity contribution is 0.602. The number of aromatic nitrogens is 1. The van der Waals surface area contributed by atoms with Crippen molar-refractivity contribution >= 4 is 48.7 Å². The molecule has 0 aliphatic carbocycles. The summed E-state index contributed by atoms with van der Waals surface area (Å²) in [4.78, 5) is 5.03. The van der Waals surface area contributed by atoms with Gasteiger partial charge < -0.3 is 5.32 Å². The van der Waals surface area contributed by atoms with E-state index in [2.05, 4.69) is 10.3 Å². The predicted octanol–water partition coefficient (Wildman–Crippen LogP) is 2.41. The third-order valence-electron chi connectivity index (χ3n) is 2.20. The van der Waals surface area contributed by atoms with Crippen molar-refractivity contribution in [2.45, 2.75) is 0 Å². The van der Waals surface area contributed by atoms with Crippen molar-refractivity contribution in [2.75, 3.05) is 23.9 Å². The van der Waals surface area contributed by atoms with E-state index in [1.165, 1.54) is 17.6 Å². The number of hydrogen-bond donors (Lipinski definition) is 1. The number of thiophene rings is 1. The van der Waals surface area contributed by atoms with Gasteiger partial charge in [0.25, 0.3) is 0 Å². The van der Waals surface area contributed by atoms with Gasteiger partial charge in [-0.2, -0.15) is 0 Å². The molecule has 0 radical (unpaired) electrons. The second-order valence-corrected chi connectivity index (χ2v) is 7.23. The van der Waals surface area contributed by atoms with E-state index in [-0.39, 0.29) is 5.75 Å². The second kappa shape index (κ2) is 4.80. The maximum atomic E-state index is 11.0. The largest absolute Gasteiger partial charge is 0.383 e. The van der Waals surface area contributed by atoms with Gasteiger partial charge in [-0.15, -0.1) is 11.3 Å². The molecule has 0 amide bonds. The molecule has 4 nitrogen and oxygen atoms in total. The summed E-state index contributed by atoms with van der Waals surface area (Å²) in [6.07, 6.45) is 1.22. The normalized spacial score (nSPS) is 11.9. The number of halogens is 1. The van der Waals surface area contributed by atoms with E-state index < -0.39 is 9.84 Å². The highest BCUT2D eigenvalue weighted by Crippen LogP contribution is 2.28. The van der Waals surface area contributed by atoms with Crippen LogP contribution >= 0.6 is 22.9 Å². The number of rotatable bonds is 4. The topological polar surface area (TPSA) is 59.1 Å². The first kappa shape index (κ1) is 12.6. The lowest BCUT2D eigenvalue weighted by atomic mass is 10.3. The zero-order chi connectivity index (χ0) is 12.5. The van der Waals surface area contributed by atoms with E-state index in [4.69, 9.17) is 11.6 Å². The summed E-state index contributed by atoms with van der Waals surface area (Å²) in [6.45, 7) is 0.365. The van der Waals surface area contributed by atoms with Crippen molar-refractivity contribution < 1.29 is 8.42 Å². The zero-order valence-electron chi connectivity index (χ0n) is 9.10. The summed E-state index contributed by atoms with van der Waals surface area (Å²) >= 11 is 7.39. The van der Waals surface area contributed by atoms with Crippen LogP contribution in [0, 0.1) is 0 Å². The Labute approximate surface area is 109 Å². The van der Waals surface area contributed by atoms with Gasteiger partial charge >= 0.3 is 0 Å². The maximum absolute atomic E-state index is 11.0. The third-order valence-corrected chi connectivity index (χ3v) is 4.14. The summed E-state index contributed by atoms with van der Waals surface area (Å²) < 4.78 is 22.1.